The van der Waals surface area contributed by atoms with Crippen LogP contribution >= 0.6 is 0 Å². The van der Waals surface area contributed by atoms with Gasteiger partial charge in [0.2, 0.25) is 0 Å². The van der Waals surface area contributed by atoms with E-state index in [4.69, 9.17) is 9.47 Å². The zero-order chi connectivity index (χ0) is 18.4. The highest BCUT2D eigenvalue weighted by molar-refractivity contribution is 5.96. The molecule has 1 heterocycles. The molecule has 1 N–H and O–H groups in total. The smallest absolute Gasteiger partial charge is 0.168 e. The average molecular weight is 355 g/mol. The Labute approximate surface area is 155 Å². The van der Waals surface area contributed by atoms with Gasteiger partial charge in [-0.25, -0.2) is 0 Å². The number of nitrogens with one attached hydrogen (secondary N) is 1. The van der Waals surface area contributed by atoms with Crippen molar-refractivity contribution in [3.05, 3.63) is 54.1 Å². The summed E-state index contributed by atoms with van der Waals surface area (Å²) in [6, 6.07) is 15.5. The minimum Gasteiger partial charge on any atom is -0.497 e. The number of Topliss-reactive ketones (excluding diaryl/α,β-unsaturated/α-hetero) is 1. The summed E-state index contributed by atoms with van der Waals surface area (Å²) in [5.41, 5.74) is 1.92. The Bertz CT molecular complexity index is 722. The van der Waals surface area contributed by atoms with Crippen molar-refractivity contribution < 1.29 is 19.2 Å². The lowest BCUT2D eigenvalue weighted by molar-refractivity contribution is -0.899. The Morgan fingerprint density at radius 1 is 1.00 bits per heavy atom. The molecule has 0 radical (unpaired) electrons. The normalized spacial score (nSPS) is 14.9. The van der Waals surface area contributed by atoms with Crippen molar-refractivity contribution in [1.29, 1.82) is 0 Å². The summed E-state index contributed by atoms with van der Waals surface area (Å²) in [6.07, 6.45) is 0.580. The van der Waals surface area contributed by atoms with Crippen molar-refractivity contribution in [2.45, 2.75) is 6.42 Å². The van der Waals surface area contributed by atoms with E-state index < -0.39 is 0 Å². The first-order chi connectivity index (χ1) is 12.7. The summed E-state index contributed by atoms with van der Waals surface area (Å²) in [5.74, 6) is 1.90. The molecule has 26 heavy (non-hydrogen) atoms. The molecule has 5 heteroatoms. The minimum absolute atomic E-state index is 0.201. The number of hydrogen-bond donors (Lipinski definition) is 1. The molecule has 0 unspecified atom stereocenters. The summed E-state index contributed by atoms with van der Waals surface area (Å²) in [6.45, 7) is 4.91. The van der Waals surface area contributed by atoms with Crippen LogP contribution in [0.2, 0.25) is 0 Å². The van der Waals surface area contributed by atoms with Crippen LogP contribution in [0, 0.1) is 0 Å². The van der Waals surface area contributed by atoms with Crippen molar-refractivity contribution in [3.8, 4) is 11.5 Å². The number of para-hydroxylation sites is 2. The second kappa shape index (κ2) is 8.72. The predicted molar refractivity (Wildman–Crippen MR) is 103 cm³/mol. The first kappa shape index (κ1) is 18.3. The largest absolute Gasteiger partial charge is 0.497 e. The monoisotopic (exact) mass is 355 g/mol. The van der Waals surface area contributed by atoms with Crippen molar-refractivity contribution in [2.24, 2.45) is 0 Å². The van der Waals surface area contributed by atoms with E-state index in [2.05, 4.69) is 11.0 Å². The van der Waals surface area contributed by atoms with Crippen LogP contribution in [0.3, 0.4) is 0 Å². The Hall–Kier alpha value is -2.53. The molecule has 1 aliphatic heterocycles. The number of methoxy groups -OCH3 is 2. The molecule has 138 valence electrons. The molecular formula is C21H27N2O3+. The fraction of sp³-hybridized carbons (Fsp3) is 0.381. The number of carbonyl (C=O) groups excluding carboxylic acids is 1. The van der Waals surface area contributed by atoms with E-state index in [9.17, 15) is 4.79 Å². The Morgan fingerprint density at radius 3 is 2.35 bits per heavy atom. The Morgan fingerprint density at radius 2 is 1.69 bits per heavy atom. The molecule has 0 saturated carbocycles. The first-order valence-corrected chi connectivity index (χ1v) is 9.10. The molecule has 0 spiro atoms. The molecule has 2 aromatic carbocycles. The summed E-state index contributed by atoms with van der Waals surface area (Å²) >= 11 is 0. The third-order valence-corrected chi connectivity index (χ3v) is 5.01. The van der Waals surface area contributed by atoms with E-state index >= 15 is 0 Å². The van der Waals surface area contributed by atoms with Gasteiger partial charge in [0.05, 0.1) is 59.1 Å². The second-order valence-corrected chi connectivity index (χ2v) is 6.56. The third-order valence-electron chi connectivity index (χ3n) is 5.01. The molecule has 1 saturated heterocycles. The number of ether oxygens (including phenoxy) is 2. The van der Waals surface area contributed by atoms with Crippen molar-refractivity contribution in [1.82, 2.24) is 0 Å². The zero-order valence-corrected chi connectivity index (χ0v) is 15.5. The van der Waals surface area contributed by atoms with E-state index in [1.807, 2.05) is 42.5 Å². The molecule has 3 rings (SSSR count). The number of rotatable bonds is 7. The third kappa shape index (κ3) is 4.35. The molecule has 0 aliphatic carbocycles. The molecule has 0 aromatic heterocycles. The van der Waals surface area contributed by atoms with Gasteiger partial charge in [0.15, 0.2) is 5.78 Å². The summed E-state index contributed by atoms with van der Waals surface area (Å²) in [4.78, 5) is 16.2. The van der Waals surface area contributed by atoms with Crippen molar-refractivity contribution in [2.75, 3.05) is 51.8 Å². The van der Waals surface area contributed by atoms with Crippen LogP contribution < -0.4 is 19.3 Å². The topological polar surface area (TPSA) is 43.2 Å². The van der Waals surface area contributed by atoms with Crippen LogP contribution in [-0.4, -0.2) is 52.7 Å². The fourth-order valence-corrected chi connectivity index (χ4v) is 3.42. The summed E-state index contributed by atoms with van der Waals surface area (Å²) in [7, 11) is 3.34. The molecule has 0 atom stereocenters. The molecule has 1 aliphatic rings. The number of carbonyl (C=O) groups is 1. The molecule has 0 bridgehead atoms. The maximum absolute atomic E-state index is 12.4. The number of piperazine rings is 1. The molecule has 2 aromatic rings. The molecular weight excluding hydrogens is 328 g/mol. The lowest BCUT2D eigenvalue weighted by Gasteiger charge is -2.34. The second-order valence-electron chi connectivity index (χ2n) is 6.56. The lowest BCUT2D eigenvalue weighted by Crippen LogP contribution is -3.15. The van der Waals surface area contributed by atoms with Gasteiger partial charge in [0.1, 0.15) is 11.5 Å². The van der Waals surface area contributed by atoms with Crippen LogP contribution in [0.1, 0.15) is 16.8 Å². The van der Waals surface area contributed by atoms with Gasteiger partial charge in [-0.05, 0) is 36.4 Å². The maximum atomic E-state index is 12.4. The van der Waals surface area contributed by atoms with Crippen LogP contribution in [0.5, 0.6) is 11.5 Å². The summed E-state index contributed by atoms with van der Waals surface area (Å²) in [5, 5.41) is 0. The lowest BCUT2D eigenvalue weighted by atomic mass is 10.1. The molecule has 0 amide bonds. The predicted octanol–water partition coefficient (Wildman–Crippen LogP) is 1.68. The van der Waals surface area contributed by atoms with Gasteiger partial charge < -0.3 is 19.3 Å². The van der Waals surface area contributed by atoms with Gasteiger partial charge >= 0.3 is 0 Å². The van der Waals surface area contributed by atoms with E-state index in [-0.39, 0.29) is 5.78 Å². The average Bonchev–Trinajstić information content (AvgIpc) is 2.72. The van der Waals surface area contributed by atoms with Crippen LogP contribution in [-0.2, 0) is 0 Å². The van der Waals surface area contributed by atoms with E-state index in [0.29, 0.717) is 6.42 Å². The molecule has 5 nitrogen and oxygen atoms in total. The Kier molecular flexibility index (Phi) is 6.12. The number of quaternary nitrogens is 1. The minimum atomic E-state index is 0.201. The highest BCUT2D eigenvalue weighted by Crippen LogP contribution is 2.27. The number of nitrogens with zero attached hydrogens (tertiary/aromatic N) is 1. The van der Waals surface area contributed by atoms with Gasteiger partial charge in [0, 0.05) is 5.56 Å². The SMILES string of the molecule is COc1ccc(C(=O)CC[NH+]2CCN(c3ccccc3OC)CC2)cc1. The van der Waals surface area contributed by atoms with Crippen LogP contribution in [0.4, 0.5) is 5.69 Å². The van der Waals surface area contributed by atoms with E-state index in [1.54, 1.807) is 14.2 Å². The van der Waals surface area contributed by atoms with Crippen molar-refractivity contribution in [3.63, 3.8) is 0 Å². The Balaban J connectivity index is 1.48. The van der Waals surface area contributed by atoms with Gasteiger partial charge in [-0.15, -0.1) is 0 Å². The van der Waals surface area contributed by atoms with E-state index in [0.717, 1.165) is 55.5 Å². The van der Waals surface area contributed by atoms with Gasteiger partial charge in [-0.1, -0.05) is 12.1 Å². The number of anilines is 1. The summed E-state index contributed by atoms with van der Waals surface area (Å²) < 4.78 is 10.6. The first-order valence-electron chi connectivity index (χ1n) is 9.10. The quantitative estimate of drug-likeness (QED) is 0.768. The van der Waals surface area contributed by atoms with Crippen molar-refractivity contribution >= 4 is 11.5 Å². The number of benzene rings is 2. The van der Waals surface area contributed by atoms with Crippen LogP contribution in [0.25, 0.3) is 0 Å². The van der Waals surface area contributed by atoms with Crippen LogP contribution in [0.15, 0.2) is 48.5 Å². The van der Waals surface area contributed by atoms with Gasteiger partial charge in [-0.3, -0.25) is 4.79 Å². The molecule has 1 fully saturated rings. The number of hydrogen-bond acceptors (Lipinski definition) is 4. The highest BCUT2D eigenvalue weighted by atomic mass is 16.5. The van der Waals surface area contributed by atoms with E-state index in [1.165, 1.54) is 4.90 Å². The van der Waals surface area contributed by atoms with Gasteiger partial charge in [0.25, 0.3) is 0 Å². The maximum Gasteiger partial charge on any atom is 0.168 e. The zero-order valence-electron chi connectivity index (χ0n) is 15.5. The van der Waals surface area contributed by atoms with Gasteiger partial charge in [-0.2, -0.15) is 0 Å². The fourth-order valence-electron chi connectivity index (χ4n) is 3.42. The highest BCUT2D eigenvalue weighted by Gasteiger charge is 2.22. The standard InChI is InChI=1S/C21H26N2O3/c1-25-18-9-7-17(8-10-18)20(24)11-12-22-13-15-23(16-14-22)19-5-3-4-6-21(19)26-2/h3-10H,11-16H2,1-2H3/p+1. The number of ketones is 1.